The van der Waals surface area contributed by atoms with E-state index < -0.39 is 0 Å². The first-order valence-electron chi connectivity index (χ1n) is 9.87. The molecule has 0 saturated heterocycles. The van der Waals surface area contributed by atoms with Gasteiger partial charge < -0.3 is 11.5 Å². The Labute approximate surface area is 162 Å². The molecule has 0 aliphatic heterocycles. The van der Waals surface area contributed by atoms with E-state index in [-0.39, 0.29) is 5.41 Å². The van der Waals surface area contributed by atoms with Crippen LogP contribution in [0, 0.1) is 0 Å². The number of nitrogen functional groups attached to an aromatic ring is 2. The third kappa shape index (κ3) is 11.5. The van der Waals surface area contributed by atoms with Gasteiger partial charge >= 0.3 is 0 Å². The minimum atomic E-state index is 0.205. The van der Waals surface area contributed by atoms with E-state index in [1.54, 1.807) is 6.20 Å². The number of rotatable bonds is 3. The normalized spacial score (nSPS) is 9.54. The number of hydrogen-bond donors (Lipinski definition) is 2. The molecule has 0 fully saturated rings. The standard InChI is InChI=1S/C10H16N2.C8H11N.C3H8.C2H6/c1-4-10(2,3)8-5-6-12-9(11)7-8;1-2-7-4-3-5-8(9)6-7;1-3-2;1-2/h5-7H,4H2,1-3H3,(H2,11,12);3-6H,2,9H2,1H3;3H2,1-2H3;1-2H3. The molecule has 0 amide bonds. The van der Waals surface area contributed by atoms with Crippen molar-refractivity contribution >= 4 is 11.5 Å². The van der Waals surface area contributed by atoms with Crippen molar-refractivity contribution in [1.82, 2.24) is 4.98 Å². The highest BCUT2D eigenvalue weighted by atomic mass is 14.8. The van der Waals surface area contributed by atoms with Gasteiger partial charge in [-0.1, -0.05) is 73.9 Å². The fourth-order valence-corrected chi connectivity index (χ4v) is 1.89. The molecule has 26 heavy (non-hydrogen) atoms. The third-order valence-electron chi connectivity index (χ3n) is 3.81. The van der Waals surface area contributed by atoms with Gasteiger partial charge in [0.2, 0.25) is 0 Å². The second-order valence-electron chi connectivity index (χ2n) is 6.51. The van der Waals surface area contributed by atoms with Gasteiger partial charge in [-0.2, -0.15) is 0 Å². The Morgan fingerprint density at radius 1 is 0.923 bits per heavy atom. The maximum Gasteiger partial charge on any atom is 0.123 e. The summed E-state index contributed by atoms with van der Waals surface area (Å²) in [5.74, 6) is 0.606. The fourth-order valence-electron chi connectivity index (χ4n) is 1.89. The number of anilines is 2. The van der Waals surface area contributed by atoms with Gasteiger partial charge in [-0.25, -0.2) is 4.98 Å². The Morgan fingerprint density at radius 3 is 1.88 bits per heavy atom. The summed E-state index contributed by atoms with van der Waals surface area (Å²) < 4.78 is 0. The lowest BCUT2D eigenvalue weighted by Crippen LogP contribution is -2.15. The summed E-state index contributed by atoms with van der Waals surface area (Å²) in [6.07, 6.45) is 5.18. The Hall–Kier alpha value is -2.03. The molecule has 0 atom stereocenters. The summed E-state index contributed by atoms with van der Waals surface area (Å²) >= 11 is 0. The topological polar surface area (TPSA) is 64.9 Å². The van der Waals surface area contributed by atoms with Crippen LogP contribution in [0.3, 0.4) is 0 Å². The Balaban J connectivity index is 0. The predicted octanol–water partition coefficient (Wildman–Crippen LogP) is 6.63. The maximum atomic E-state index is 5.60. The largest absolute Gasteiger partial charge is 0.399 e. The van der Waals surface area contributed by atoms with Gasteiger partial charge in [-0.15, -0.1) is 0 Å². The van der Waals surface area contributed by atoms with Crippen molar-refractivity contribution in [2.75, 3.05) is 11.5 Å². The summed E-state index contributed by atoms with van der Waals surface area (Å²) in [5, 5.41) is 0. The van der Waals surface area contributed by atoms with Gasteiger partial charge in [-0.3, -0.25) is 0 Å². The molecule has 148 valence electrons. The Kier molecular flexibility index (Phi) is 15.4. The molecule has 0 bridgehead atoms. The van der Waals surface area contributed by atoms with E-state index in [4.69, 9.17) is 11.5 Å². The summed E-state index contributed by atoms with van der Waals surface area (Å²) in [6.45, 7) is 17.0. The van der Waals surface area contributed by atoms with Gasteiger partial charge in [0.1, 0.15) is 5.82 Å². The van der Waals surface area contributed by atoms with Crippen molar-refractivity contribution in [2.24, 2.45) is 0 Å². The minimum absolute atomic E-state index is 0.205. The average molecular weight is 360 g/mol. The first-order valence-corrected chi connectivity index (χ1v) is 9.87. The summed E-state index contributed by atoms with van der Waals surface area (Å²) in [6, 6.07) is 11.9. The monoisotopic (exact) mass is 359 g/mol. The van der Waals surface area contributed by atoms with Crippen LogP contribution in [-0.2, 0) is 11.8 Å². The number of hydrogen-bond acceptors (Lipinski definition) is 3. The number of nitrogens with two attached hydrogens (primary N) is 2. The molecule has 0 saturated carbocycles. The fraction of sp³-hybridized carbons (Fsp3) is 0.522. The molecule has 1 aromatic heterocycles. The number of pyridine rings is 1. The molecule has 2 rings (SSSR count). The van der Waals surface area contributed by atoms with Crippen molar-refractivity contribution < 1.29 is 0 Å². The van der Waals surface area contributed by atoms with Crippen LogP contribution >= 0.6 is 0 Å². The second-order valence-corrected chi connectivity index (χ2v) is 6.51. The van der Waals surface area contributed by atoms with E-state index in [2.05, 4.69) is 52.6 Å². The van der Waals surface area contributed by atoms with E-state index >= 15 is 0 Å². The van der Waals surface area contributed by atoms with Gasteiger partial charge in [0.25, 0.3) is 0 Å². The van der Waals surface area contributed by atoms with Crippen molar-refractivity contribution in [3.05, 3.63) is 53.7 Å². The molecule has 4 N–H and O–H groups in total. The van der Waals surface area contributed by atoms with Crippen molar-refractivity contribution in [2.45, 2.75) is 80.1 Å². The number of nitrogens with zero attached hydrogens (tertiary/aromatic N) is 1. The molecule has 1 aromatic carbocycles. The lowest BCUT2D eigenvalue weighted by molar-refractivity contribution is 0.506. The van der Waals surface area contributed by atoms with Crippen molar-refractivity contribution in [3.8, 4) is 0 Å². The minimum Gasteiger partial charge on any atom is -0.399 e. The van der Waals surface area contributed by atoms with E-state index in [9.17, 15) is 0 Å². The molecule has 3 heteroatoms. The highest BCUT2D eigenvalue weighted by Gasteiger charge is 2.17. The third-order valence-corrected chi connectivity index (χ3v) is 3.81. The van der Waals surface area contributed by atoms with Crippen molar-refractivity contribution in [3.63, 3.8) is 0 Å². The molecule has 0 radical (unpaired) electrons. The predicted molar refractivity (Wildman–Crippen MR) is 120 cm³/mol. The molecule has 1 heterocycles. The summed E-state index contributed by atoms with van der Waals surface area (Å²) in [5.41, 5.74) is 14.8. The van der Waals surface area contributed by atoms with Crippen LogP contribution in [0.25, 0.3) is 0 Å². The van der Waals surface area contributed by atoms with E-state index in [1.807, 2.05) is 44.2 Å². The van der Waals surface area contributed by atoms with E-state index in [0.29, 0.717) is 5.82 Å². The van der Waals surface area contributed by atoms with Gasteiger partial charge in [0.05, 0.1) is 0 Å². The van der Waals surface area contributed by atoms with Crippen LogP contribution in [0.4, 0.5) is 11.5 Å². The van der Waals surface area contributed by atoms with Crippen LogP contribution in [0.15, 0.2) is 42.6 Å². The number of aromatic nitrogens is 1. The van der Waals surface area contributed by atoms with Crippen molar-refractivity contribution in [1.29, 1.82) is 0 Å². The molecule has 0 unspecified atom stereocenters. The van der Waals surface area contributed by atoms with Crippen LogP contribution in [0.1, 0.15) is 79.4 Å². The quantitative estimate of drug-likeness (QED) is 0.605. The summed E-state index contributed by atoms with van der Waals surface area (Å²) in [4.78, 5) is 3.97. The van der Waals surface area contributed by atoms with Gasteiger partial charge in [0, 0.05) is 11.9 Å². The van der Waals surface area contributed by atoms with E-state index in [1.165, 1.54) is 17.5 Å². The Bertz CT molecular complexity index is 577. The van der Waals surface area contributed by atoms with Crippen LogP contribution < -0.4 is 11.5 Å². The van der Waals surface area contributed by atoms with Gasteiger partial charge in [-0.05, 0) is 53.6 Å². The molecule has 0 spiro atoms. The lowest BCUT2D eigenvalue weighted by atomic mass is 9.83. The zero-order chi connectivity index (χ0) is 20.6. The Morgan fingerprint density at radius 2 is 1.50 bits per heavy atom. The SMILES string of the molecule is CC.CCC.CCC(C)(C)c1ccnc(N)c1.CCc1cccc(N)c1. The van der Waals surface area contributed by atoms with Gasteiger partial charge in [0.15, 0.2) is 0 Å². The first kappa shape index (κ1) is 26.2. The van der Waals surface area contributed by atoms with Crippen LogP contribution in [0.5, 0.6) is 0 Å². The zero-order valence-electron chi connectivity index (χ0n) is 18.3. The summed E-state index contributed by atoms with van der Waals surface area (Å²) in [7, 11) is 0. The molecular formula is C23H41N3. The average Bonchev–Trinajstić information content (AvgIpc) is 2.64. The molecule has 0 aliphatic carbocycles. The van der Waals surface area contributed by atoms with E-state index in [0.717, 1.165) is 18.5 Å². The second kappa shape index (κ2) is 15.2. The number of aryl methyl sites for hydroxylation is 1. The smallest absolute Gasteiger partial charge is 0.123 e. The molecule has 2 aromatic rings. The molecule has 3 nitrogen and oxygen atoms in total. The lowest BCUT2D eigenvalue weighted by Gasteiger charge is -2.23. The molecule has 0 aliphatic rings. The maximum absolute atomic E-state index is 5.60. The number of benzene rings is 1. The first-order chi connectivity index (χ1) is 12.3. The highest BCUT2D eigenvalue weighted by Crippen LogP contribution is 2.26. The zero-order valence-corrected chi connectivity index (χ0v) is 18.3. The highest BCUT2D eigenvalue weighted by molar-refractivity contribution is 5.40. The van der Waals surface area contributed by atoms with Crippen LogP contribution in [-0.4, -0.2) is 4.98 Å². The van der Waals surface area contributed by atoms with Crippen LogP contribution in [0.2, 0.25) is 0 Å². The molecular weight excluding hydrogens is 318 g/mol.